The van der Waals surface area contributed by atoms with Crippen LogP contribution in [0.3, 0.4) is 0 Å². The van der Waals surface area contributed by atoms with E-state index in [1.165, 1.54) is 6.07 Å². The van der Waals surface area contributed by atoms with E-state index < -0.39 is 4.92 Å². The molecule has 4 N–H and O–H groups in total. The van der Waals surface area contributed by atoms with Crippen molar-refractivity contribution in [2.24, 2.45) is 11.5 Å². The highest BCUT2D eigenvalue weighted by molar-refractivity contribution is 5.41. The quantitative estimate of drug-likeness (QED) is 0.565. The van der Waals surface area contributed by atoms with Crippen LogP contribution in [0.5, 0.6) is 0 Å². The summed E-state index contributed by atoms with van der Waals surface area (Å²) in [5.74, 6) is 0. The van der Waals surface area contributed by atoms with Gasteiger partial charge in [-0.2, -0.15) is 0 Å². The van der Waals surface area contributed by atoms with Gasteiger partial charge in [-0.25, -0.2) is 0 Å². The highest BCUT2D eigenvalue weighted by Crippen LogP contribution is 2.25. The molecule has 0 amide bonds. The number of para-hydroxylation sites is 1. The number of nitrogens with zero attached hydrogens (tertiary/aromatic N) is 1. The van der Waals surface area contributed by atoms with E-state index in [1.54, 1.807) is 18.2 Å². The Bertz CT molecular complexity index is 341. The number of nitro benzene ring substituents is 1. The van der Waals surface area contributed by atoms with Crippen molar-refractivity contribution in [1.29, 1.82) is 0 Å². The fraction of sp³-hybridized carbons (Fsp3) is 0.400. The van der Waals surface area contributed by atoms with E-state index in [0.717, 1.165) is 6.42 Å². The number of hydrogen-bond donors (Lipinski definition) is 2. The SMILES string of the molecule is NCCC[C@@H](N)c1ccccc1[N+](=O)[O-]. The fourth-order valence-corrected chi connectivity index (χ4v) is 1.46. The third kappa shape index (κ3) is 3.00. The van der Waals surface area contributed by atoms with Crippen LogP contribution in [0, 0.1) is 10.1 Å². The Morgan fingerprint density at radius 1 is 1.40 bits per heavy atom. The van der Waals surface area contributed by atoms with Gasteiger partial charge in [0.1, 0.15) is 0 Å². The number of hydrogen-bond acceptors (Lipinski definition) is 4. The number of benzene rings is 1. The molecule has 1 aromatic carbocycles. The fourth-order valence-electron chi connectivity index (χ4n) is 1.46. The standard InChI is InChI=1S/C10H15N3O2/c11-7-3-5-9(12)8-4-1-2-6-10(8)13(14)15/h1-2,4,6,9H,3,5,7,11-12H2/t9-/m1/s1. The van der Waals surface area contributed by atoms with Crippen LogP contribution in [0.2, 0.25) is 0 Å². The summed E-state index contributed by atoms with van der Waals surface area (Å²) < 4.78 is 0. The monoisotopic (exact) mass is 209 g/mol. The molecule has 5 heteroatoms. The van der Waals surface area contributed by atoms with Crippen molar-refractivity contribution in [2.75, 3.05) is 6.54 Å². The second-order valence-electron chi connectivity index (χ2n) is 3.35. The summed E-state index contributed by atoms with van der Waals surface area (Å²) in [4.78, 5) is 10.3. The minimum Gasteiger partial charge on any atom is -0.330 e. The first kappa shape index (κ1) is 11.6. The van der Waals surface area contributed by atoms with Gasteiger partial charge in [0.15, 0.2) is 0 Å². The summed E-state index contributed by atoms with van der Waals surface area (Å²) in [6.45, 7) is 0.550. The first-order valence-electron chi connectivity index (χ1n) is 4.85. The molecule has 0 bridgehead atoms. The molecule has 0 radical (unpaired) electrons. The molecule has 0 unspecified atom stereocenters. The summed E-state index contributed by atoms with van der Waals surface area (Å²) in [6.07, 6.45) is 1.44. The van der Waals surface area contributed by atoms with Gasteiger partial charge in [-0.05, 0) is 19.4 Å². The lowest BCUT2D eigenvalue weighted by atomic mass is 10.0. The molecule has 0 saturated heterocycles. The molecule has 0 aliphatic heterocycles. The van der Waals surface area contributed by atoms with E-state index in [9.17, 15) is 10.1 Å². The predicted molar refractivity (Wildman–Crippen MR) is 58.3 cm³/mol. The number of nitro groups is 1. The Morgan fingerprint density at radius 3 is 2.67 bits per heavy atom. The lowest BCUT2D eigenvalue weighted by Crippen LogP contribution is -2.14. The van der Waals surface area contributed by atoms with Gasteiger partial charge in [0.05, 0.1) is 4.92 Å². The van der Waals surface area contributed by atoms with Gasteiger partial charge >= 0.3 is 0 Å². The van der Waals surface area contributed by atoms with Crippen molar-refractivity contribution in [3.63, 3.8) is 0 Å². The highest BCUT2D eigenvalue weighted by Gasteiger charge is 2.17. The first-order chi connectivity index (χ1) is 7.16. The minimum atomic E-state index is -0.405. The van der Waals surface area contributed by atoms with Crippen molar-refractivity contribution in [2.45, 2.75) is 18.9 Å². The van der Waals surface area contributed by atoms with Crippen LogP contribution in [-0.4, -0.2) is 11.5 Å². The smallest absolute Gasteiger partial charge is 0.274 e. The molecule has 0 saturated carbocycles. The molecule has 0 aromatic heterocycles. The molecule has 0 heterocycles. The summed E-state index contributed by atoms with van der Waals surface area (Å²) in [6, 6.07) is 6.24. The second-order valence-corrected chi connectivity index (χ2v) is 3.35. The largest absolute Gasteiger partial charge is 0.330 e. The van der Waals surface area contributed by atoms with Gasteiger partial charge in [0.2, 0.25) is 0 Å². The molecule has 0 aliphatic carbocycles. The molecule has 0 aliphatic rings. The van der Waals surface area contributed by atoms with E-state index >= 15 is 0 Å². The highest BCUT2D eigenvalue weighted by atomic mass is 16.6. The molecule has 5 nitrogen and oxygen atoms in total. The van der Waals surface area contributed by atoms with Crippen molar-refractivity contribution < 1.29 is 4.92 Å². The Kier molecular flexibility index (Phi) is 4.20. The maximum atomic E-state index is 10.7. The summed E-state index contributed by atoms with van der Waals surface area (Å²) in [5.41, 5.74) is 11.9. The van der Waals surface area contributed by atoms with Gasteiger partial charge in [-0.15, -0.1) is 0 Å². The average Bonchev–Trinajstić information content (AvgIpc) is 2.25. The topological polar surface area (TPSA) is 95.2 Å². The summed E-state index contributed by atoms with van der Waals surface area (Å²) in [7, 11) is 0. The number of nitrogens with two attached hydrogens (primary N) is 2. The van der Waals surface area contributed by atoms with E-state index in [-0.39, 0.29) is 11.7 Å². The minimum absolute atomic E-state index is 0.0852. The van der Waals surface area contributed by atoms with Gasteiger partial charge in [-0.1, -0.05) is 18.2 Å². The van der Waals surface area contributed by atoms with E-state index in [2.05, 4.69) is 0 Å². The zero-order valence-corrected chi connectivity index (χ0v) is 8.43. The maximum absolute atomic E-state index is 10.7. The summed E-state index contributed by atoms with van der Waals surface area (Å²) in [5, 5.41) is 10.7. The van der Waals surface area contributed by atoms with Crippen molar-refractivity contribution in [1.82, 2.24) is 0 Å². The Hall–Kier alpha value is -1.46. The lowest BCUT2D eigenvalue weighted by Gasteiger charge is -2.11. The molecular formula is C10H15N3O2. The first-order valence-corrected chi connectivity index (χ1v) is 4.85. The zero-order valence-electron chi connectivity index (χ0n) is 8.43. The third-order valence-corrected chi connectivity index (χ3v) is 2.25. The zero-order chi connectivity index (χ0) is 11.3. The average molecular weight is 209 g/mol. The summed E-state index contributed by atoms with van der Waals surface area (Å²) >= 11 is 0. The van der Waals surface area contributed by atoms with E-state index in [1.807, 2.05) is 0 Å². The third-order valence-electron chi connectivity index (χ3n) is 2.25. The molecule has 1 atom stereocenters. The molecular weight excluding hydrogens is 194 g/mol. The van der Waals surface area contributed by atoms with Gasteiger partial charge in [0.25, 0.3) is 5.69 Å². The molecule has 0 spiro atoms. The molecule has 0 fully saturated rings. The molecule has 1 aromatic rings. The Morgan fingerprint density at radius 2 is 2.07 bits per heavy atom. The van der Waals surface area contributed by atoms with Gasteiger partial charge in [-0.3, -0.25) is 10.1 Å². The van der Waals surface area contributed by atoms with Crippen LogP contribution in [0.15, 0.2) is 24.3 Å². The molecule has 15 heavy (non-hydrogen) atoms. The Labute approximate surface area is 88.2 Å². The van der Waals surface area contributed by atoms with Crippen LogP contribution in [0.1, 0.15) is 24.4 Å². The van der Waals surface area contributed by atoms with Crippen molar-refractivity contribution in [3.05, 3.63) is 39.9 Å². The van der Waals surface area contributed by atoms with Crippen LogP contribution in [-0.2, 0) is 0 Å². The lowest BCUT2D eigenvalue weighted by molar-refractivity contribution is -0.385. The van der Waals surface area contributed by atoms with E-state index in [4.69, 9.17) is 11.5 Å². The van der Waals surface area contributed by atoms with Crippen LogP contribution >= 0.6 is 0 Å². The van der Waals surface area contributed by atoms with Crippen LogP contribution in [0.4, 0.5) is 5.69 Å². The van der Waals surface area contributed by atoms with Gasteiger partial charge < -0.3 is 11.5 Å². The Balaban J connectivity index is 2.87. The van der Waals surface area contributed by atoms with Crippen molar-refractivity contribution >= 4 is 5.69 Å². The van der Waals surface area contributed by atoms with Crippen LogP contribution in [0.25, 0.3) is 0 Å². The van der Waals surface area contributed by atoms with Crippen molar-refractivity contribution in [3.8, 4) is 0 Å². The molecule has 1 rings (SSSR count). The predicted octanol–water partition coefficient (Wildman–Crippen LogP) is 1.33. The normalized spacial score (nSPS) is 12.4. The van der Waals surface area contributed by atoms with Crippen LogP contribution < -0.4 is 11.5 Å². The second kappa shape index (κ2) is 5.43. The molecule has 82 valence electrons. The van der Waals surface area contributed by atoms with E-state index in [0.29, 0.717) is 18.5 Å². The number of rotatable bonds is 5. The van der Waals surface area contributed by atoms with Gasteiger partial charge in [0, 0.05) is 17.7 Å². The maximum Gasteiger partial charge on any atom is 0.274 e.